The molecule has 1 atom stereocenters. The summed E-state index contributed by atoms with van der Waals surface area (Å²) in [7, 11) is -1.11. The van der Waals surface area contributed by atoms with E-state index in [1.165, 1.54) is 0 Å². The maximum Gasteiger partial charge on any atom is 0.154 e. The Balaban J connectivity index is 2.07. The second-order valence-electron chi connectivity index (χ2n) is 4.67. The monoisotopic (exact) mass is 284 g/mol. The summed E-state index contributed by atoms with van der Waals surface area (Å²) in [6, 6.07) is 1.79. The fourth-order valence-corrected chi connectivity index (χ4v) is 3.95. The number of aromatic nitrogens is 2. The molecule has 1 unspecified atom stereocenters. The van der Waals surface area contributed by atoms with Gasteiger partial charge in [0.25, 0.3) is 0 Å². The third kappa shape index (κ3) is 3.34. The molecule has 0 amide bonds. The van der Waals surface area contributed by atoms with Crippen molar-refractivity contribution in [1.82, 2.24) is 9.97 Å². The van der Waals surface area contributed by atoms with Gasteiger partial charge in [0.05, 0.1) is 11.0 Å². The summed E-state index contributed by atoms with van der Waals surface area (Å²) < 4.78 is 23.5. The molecule has 0 saturated carbocycles. The van der Waals surface area contributed by atoms with E-state index in [1.54, 1.807) is 13.1 Å². The van der Waals surface area contributed by atoms with Crippen LogP contribution in [-0.2, 0) is 16.3 Å². The topological polar surface area (TPSA) is 84.0 Å². The number of hydrogen-bond donors (Lipinski definition) is 2. The Labute approximate surface area is 114 Å². The lowest BCUT2D eigenvalue weighted by molar-refractivity contribution is 0.591. The lowest BCUT2D eigenvalue weighted by Gasteiger charge is -2.12. The Morgan fingerprint density at radius 3 is 2.68 bits per heavy atom. The standard InChI is InChI=1S/C12H20N4O2S/c1-3-10-15-11(13-2)7-12(16-10)14-8-9-5-4-6-19(9,17)18/h7,9H,3-6,8H2,1-2H3,(H2,13,14,15,16). The first kappa shape index (κ1) is 14.0. The van der Waals surface area contributed by atoms with Gasteiger partial charge in [-0.25, -0.2) is 18.4 Å². The van der Waals surface area contributed by atoms with Gasteiger partial charge in [-0.3, -0.25) is 0 Å². The van der Waals surface area contributed by atoms with E-state index in [0.717, 1.165) is 30.9 Å². The van der Waals surface area contributed by atoms with Crippen molar-refractivity contribution in [3.8, 4) is 0 Å². The molecule has 0 bridgehead atoms. The Kier molecular flexibility index (Phi) is 4.24. The van der Waals surface area contributed by atoms with Crippen LogP contribution in [0.3, 0.4) is 0 Å². The molecule has 19 heavy (non-hydrogen) atoms. The average molecular weight is 284 g/mol. The summed E-state index contributed by atoms with van der Waals surface area (Å²) in [5.41, 5.74) is 0. The fraction of sp³-hybridized carbons (Fsp3) is 0.667. The Bertz CT molecular complexity index is 522. The molecule has 2 rings (SSSR count). The van der Waals surface area contributed by atoms with Gasteiger partial charge in [0.2, 0.25) is 0 Å². The van der Waals surface area contributed by atoms with Crippen LogP contribution in [0.5, 0.6) is 0 Å². The highest BCUT2D eigenvalue weighted by Crippen LogP contribution is 2.20. The third-order valence-corrected chi connectivity index (χ3v) is 5.59. The number of sulfone groups is 1. The maximum atomic E-state index is 11.7. The smallest absolute Gasteiger partial charge is 0.154 e. The first-order chi connectivity index (χ1) is 9.05. The second-order valence-corrected chi connectivity index (χ2v) is 7.07. The highest BCUT2D eigenvalue weighted by molar-refractivity contribution is 7.92. The highest BCUT2D eigenvalue weighted by Gasteiger charge is 2.30. The molecule has 7 heteroatoms. The van der Waals surface area contributed by atoms with Gasteiger partial charge in [0.15, 0.2) is 9.84 Å². The minimum Gasteiger partial charge on any atom is -0.373 e. The van der Waals surface area contributed by atoms with E-state index >= 15 is 0 Å². The Morgan fingerprint density at radius 2 is 2.11 bits per heavy atom. The quantitative estimate of drug-likeness (QED) is 0.841. The molecule has 0 aliphatic carbocycles. The van der Waals surface area contributed by atoms with E-state index in [1.807, 2.05) is 6.92 Å². The van der Waals surface area contributed by atoms with Gasteiger partial charge in [-0.05, 0) is 12.8 Å². The van der Waals surface area contributed by atoms with Crippen LogP contribution in [0.15, 0.2) is 6.07 Å². The highest BCUT2D eigenvalue weighted by atomic mass is 32.2. The summed E-state index contributed by atoms with van der Waals surface area (Å²) in [6.07, 6.45) is 2.24. The lowest BCUT2D eigenvalue weighted by atomic mass is 10.2. The van der Waals surface area contributed by atoms with Gasteiger partial charge in [-0.1, -0.05) is 6.92 Å². The number of hydrogen-bond acceptors (Lipinski definition) is 6. The predicted octanol–water partition coefficient (Wildman–Crippen LogP) is 1.07. The van der Waals surface area contributed by atoms with Gasteiger partial charge >= 0.3 is 0 Å². The van der Waals surface area contributed by atoms with Gasteiger partial charge < -0.3 is 10.6 Å². The number of rotatable bonds is 5. The van der Waals surface area contributed by atoms with Crippen LogP contribution in [0.4, 0.5) is 11.6 Å². The van der Waals surface area contributed by atoms with Crippen LogP contribution in [0.25, 0.3) is 0 Å². The SMILES string of the molecule is CCc1nc(NC)cc(NCC2CCCS2(=O)=O)n1. The molecule has 2 heterocycles. The normalized spacial score (nSPS) is 21.3. The van der Waals surface area contributed by atoms with E-state index in [2.05, 4.69) is 20.6 Å². The second kappa shape index (κ2) is 5.73. The molecule has 1 aliphatic rings. The van der Waals surface area contributed by atoms with E-state index < -0.39 is 9.84 Å². The van der Waals surface area contributed by atoms with Gasteiger partial charge in [0.1, 0.15) is 17.5 Å². The number of aryl methyl sites for hydroxylation is 1. The molecule has 6 nitrogen and oxygen atoms in total. The third-order valence-electron chi connectivity index (χ3n) is 3.32. The molecular weight excluding hydrogens is 264 g/mol. The molecule has 0 radical (unpaired) electrons. The molecule has 1 aromatic rings. The Morgan fingerprint density at radius 1 is 1.37 bits per heavy atom. The maximum absolute atomic E-state index is 11.7. The van der Waals surface area contributed by atoms with Crippen molar-refractivity contribution in [3.05, 3.63) is 11.9 Å². The predicted molar refractivity (Wildman–Crippen MR) is 76.3 cm³/mol. The molecule has 1 aromatic heterocycles. The van der Waals surface area contributed by atoms with E-state index in [9.17, 15) is 8.42 Å². The molecular formula is C12H20N4O2S. The van der Waals surface area contributed by atoms with E-state index in [4.69, 9.17) is 0 Å². The average Bonchev–Trinajstić information content (AvgIpc) is 2.74. The molecule has 1 fully saturated rings. The van der Waals surface area contributed by atoms with Crippen molar-refractivity contribution in [2.24, 2.45) is 0 Å². The summed E-state index contributed by atoms with van der Waals surface area (Å²) in [4.78, 5) is 8.65. The summed E-state index contributed by atoms with van der Waals surface area (Å²) in [6.45, 7) is 2.41. The summed E-state index contributed by atoms with van der Waals surface area (Å²) >= 11 is 0. The van der Waals surface area contributed by atoms with E-state index in [-0.39, 0.29) is 5.25 Å². The lowest BCUT2D eigenvalue weighted by Crippen LogP contribution is -2.25. The van der Waals surface area contributed by atoms with Crippen LogP contribution in [0.1, 0.15) is 25.6 Å². The van der Waals surface area contributed by atoms with Crippen molar-refractivity contribution in [2.75, 3.05) is 30.0 Å². The fourth-order valence-electron chi connectivity index (χ4n) is 2.18. The van der Waals surface area contributed by atoms with Gasteiger partial charge in [0, 0.05) is 26.1 Å². The van der Waals surface area contributed by atoms with E-state index in [0.29, 0.717) is 18.1 Å². The summed E-state index contributed by atoms with van der Waals surface area (Å²) in [5.74, 6) is 2.47. The van der Waals surface area contributed by atoms with Crippen molar-refractivity contribution in [3.63, 3.8) is 0 Å². The van der Waals surface area contributed by atoms with Crippen molar-refractivity contribution >= 4 is 21.5 Å². The molecule has 1 aliphatic heterocycles. The zero-order valence-electron chi connectivity index (χ0n) is 11.3. The number of nitrogens with zero attached hydrogens (tertiary/aromatic N) is 2. The van der Waals surface area contributed by atoms with Crippen molar-refractivity contribution < 1.29 is 8.42 Å². The first-order valence-corrected chi connectivity index (χ1v) is 8.28. The molecule has 0 spiro atoms. The summed E-state index contributed by atoms with van der Waals surface area (Å²) in [5, 5.41) is 5.81. The Hall–Kier alpha value is -1.37. The molecule has 1 saturated heterocycles. The van der Waals surface area contributed by atoms with Crippen LogP contribution in [-0.4, -0.2) is 43.0 Å². The van der Waals surface area contributed by atoms with Crippen molar-refractivity contribution in [1.29, 1.82) is 0 Å². The zero-order valence-corrected chi connectivity index (χ0v) is 12.1. The first-order valence-electron chi connectivity index (χ1n) is 6.56. The van der Waals surface area contributed by atoms with Gasteiger partial charge in [-0.2, -0.15) is 0 Å². The van der Waals surface area contributed by atoms with Crippen LogP contribution >= 0.6 is 0 Å². The molecule has 106 valence electrons. The van der Waals surface area contributed by atoms with Crippen LogP contribution in [0, 0.1) is 0 Å². The minimum atomic E-state index is -2.91. The van der Waals surface area contributed by atoms with Crippen molar-refractivity contribution in [2.45, 2.75) is 31.4 Å². The number of nitrogens with one attached hydrogen (secondary N) is 2. The zero-order chi connectivity index (χ0) is 13.9. The van der Waals surface area contributed by atoms with Crippen LogP contribution in [0.2, 0.25) is 0 Å². The largest absolute Gasteiger partial charge is 0.373 e. The molecule has 0 aromatic carbocycles. The molecule has 2 N–H and O–H groups in total. The minimum absolute atomic E-state index is 0.287. The van der Waals surface area contributed by atoms with Gasteiger partial charge in [-0.15, -0.1) is 0 Å². The number of anilines is 2. The van der Waals surface area contributed by atoms with Crippen LogP contribution < -0.4 is 10.6 Å².